The summed E-state index contributed by atoms with van der Waals surface area (Å²) in [5.41, 5.74) is 1.12. The van der Waals surface area contributed by atoms with Crippen molar-refractivity contribution in [2.75, 3.05) is 19.7 Å². The van der Waals surface area contributed by atoms with Crippen molar-refractivity contribution >= 4 is 11.8 Å². The van der Waals surface area contributed by atoms with Gasteiger partial charge in [0.05, 0.1) is 12.2 Å². The summed E-state index contributed by atoms with van der Waals surface area (Å²) in [6.07, 6.45) is 77.9. The summed E-state index contributed by atoms with van der Waals surface area (Å²) >= 11 is 0. The summed E-state index contributed by atoms with van der Waals surface area (Å²) in [4.78, 5) is 26.7. The van der Waals surface area contributed by atoms with Crippen molar-refractivity contribution < 1.29 is 14.3 Å². The van der Waals surface area contributed by atoms with Gasteiger partial charge in [-0.25, -0.2) is 0 Å². The highest BCUT2D eigenvalue weighted by atomic mass is 16.5. The van der Waals surface area contributed by atoms with Crippen LogP contribution in [0.1, 0.15) is 407 Å². The van der Waals surface area contributed by atoms with Gasteiger partial charge in [0, 0.05) is 18.7 Å². The van der Waals surface area contributed by atoms with Crippen LogP contribution in [0.3, 0.4) is 0 Å². The molecule has 1 aromatic rings. The van der Waals surface area contributed by atoms with Gasteiger partial charge in [0.15, 0.2) is 0 Å². The molecule has 0 spiro atoms. The van der Waals surface area contributed by atoms with E-state index in [1.54, 1.807) is 18.2 Å². The van der Waals surface area contributed by atoms with E-state index in [2.05, 4.69) is 31.4 Å². The number of carbonyl (C=O) groups is 2. The molecule has 0 unspecified atom stereocenters. The maximum absolute atomic E-state index is 13.4. The second-order valence-electron chi connectivity index (χ2n) is 24.2. The number of amides is 2. The number of unbranched alkanes of at least 4 members (excludes halogenated alkanes) is 54. The predicted octanol–water partition coefficient (Wildman–Crippen LogP) is 23.8. The van der Waals surface area contributed by atoms with Crippen LogP contribution in [-0.4, -0.2) is 31.5 Å². The van der Waals surface area contributed by atoms with E-state index in [1.165, 1.54) is 327 Å². The first-order valence-corrected chi connectivity index (χ1v) is 35.0. The van der Waals surface area contributed by atoms with Crippen LogP contribution in [0.2, 0.25) is 0 Å². The number of carbonyl (C=O) groups excluding carboxylic acids is 2. The van der Waals surface area contributed by atoms with E-state index < -0.39 is 0 Å². The third-order valence-corrected chi connectivity index (χ3v) is 16.6. The standard InChI is InChI=1S/C71H134N2O3/c1-4-7-10-13-16-18-20-22-24-26-28-30-32-34-36-38-40-42-44-46-48-50-52-55-58-63-72-70(74)67-61-62-68(69(66-67)76-65-60-57-54-15-12-9-6-3)71(75)73-64-59-56-53-51-49-47-45-43-41-39-37-35-33-31-29-27-25-23-21-19-17-14-11-8-5-2/h61-62,66H,4-60,63-65H2,1-3H3,(H,72,74)(H,73,75). The molecule has 0 saturated carbocycles. The Morgan fingerprint density at radius 2 is 0.513 bits per heavy atom. The van der Waals surface area contributed by atoms with Gasteiger partial charge in [-0.1, -0.05) is 367 Å². The van der Waals surface area contributed by atoms with Gasteiger partial charge in [-0.2, -0.15) is 0 Å². The minimum Gasteiger partial charge on any atom is -0.493 e. The van der Waals surface area contributed by atoms with Gasteiger partial charge in [0.2, 0.25) is 0 Å². The second kappa shape index (κ2) is 60.6. The van der Waals surface area contributed by atoms with Gasteiger partial charge in [-0.05, 0) is 37.5 Å². The summed E-state index contributed by atoms with van der Waals surface area (Å²) < 4.78 is 6.26. The van der Waals surface area contributed by atoms with Gasteiger partial charge in [-0.15, -0.1) is 0 Å². The lowest BCUT2D eigenvalue weighted by Crippen LogP contribution is -2.26. The molecule has 446 valence electrons. The molecule has 0 heterocycles. The van der Waals surface area contributed by atoms with Crippen LogP contribution in [0.4, 0.5) is 0 Å². The van der Waals surface area contributed by atoms with E-state index in [1.807, 2.05) is 0 Å². The first kappa shape index (κ1) is 72.0. The smallest absolute Gasteiger partial charge is 0.255 e. The van der Waals surface area contributed by atoms with E-state index in [0.717, 1.165) is 38.5 Å². The van der Waals surface area contributed by atoms with Crippen LogP contribution in [0.25, 0.3) is 0 Å². The lowest BCUT2D eigenvalue weighted by molar-refractivity contribution is 0.0937. The van der Waals surface area contributed by atoms with Crippen LogP contribution in [0.5, 0.6) is 5.75 Å². The molecule has 0 aliphatic rings. The van der Waals surface area contributed by atoms with Gasteiger partial charge in [-0.3, -0.25) is 9.59 Å². The molecule has 0 bridgehead atoms. The zero-order chi connectivity index (χ0) is 54.6. The van der Waals surface area contributed by atoms with E-state index in [-0.39, 0.29) is 11.8 Å². The maximum atomic E-state index is 13.4. The molecular formula is C71H134N2O3. The molecule has 0 fully saturated rings. The average Bonchev–Trinajstić information content (AvgIpc) is 3.43. The van der Waals surface area contributed by atoms with Crippen LogP contribution >= 0.6 is 0 Å². The molecule has 2 N–H and O–H groups in total. The highest BCUT2D eigenvalue weighted by Crippen LogP contribution is 2.23. The number of nitrogens with one attached hydrogen (secondary N) is 2. The average molecular weight is 1060 g/mol. The predicted molar refractivity (Wildman–Crippen MR) is 337 cm³/mol. The Hall–Kier alpha value is -2.04. The molecule has 76 heavy (non-hydrogen) atoms. The molecular weight excluding hydrogens is 929 g/mol. The zero-order valence-electron chi connectivity index (χ0n) is 51.9. The number of hydrogen-bond acceptors (Lipinski definition) is 3. The van der Waals surface area contributed by atoms with Crippen LogP contribution in [-0.2, 0) is 0 Å². The molecule has 0 aliphatic heterocycles. The molecule has 5 heteroatoms. The normalized spacial score (nSPS) is 11.5. The van der Waals surface area contributed by atoms with Crippen molar-refractivity contribution in [3.05, 3.63) is 29.3 Å². The van der Waals surface area contributed by atoms with Crippen molar-refractivity contribution in [1.29, 1.82) is 0 Å². The molecule has 0 saturated heterocycles. The first-order valence-electron chi connectivity index (χ1n) is 35.0. The van der Waals surface area contributed by atoms with Crippen molar-refractivity contribution in [3.63, 3.8) is 0 Å². The Balaban J connectivity index is 2.13. The fourth-order valence-corrected chi connectivity index (χ4v) is 11.3. The summed E-state index contributed by atoms with van der Waals surface area (Å²) in [5, 5.41) is 6.31. The monoisotopic (exact) mass is 1060 g/mol. The largest absolute Gasteiger partial charge is 0.493 e. The Morgan fingerprint density at radius 1 is 0.289 bits per heavy atom. The highest BCUT2D eigenvalue weighted by Gasteiger charge is 2.16. The summed E-state index contributed by atoms with van der Waals surface area (Å²) in [5.74, 6) is 0.365. The molecule has 0 aromatic heterocycles. The number of rotatable bonds is 63. The fraction of sp³-hybridized carbons (Fsp3) is 0.887. The number of ether oxygens (including phenoxy) is 1. The van der Waals surface area contributed by atoms with Gasteiger partial charge in [0.1, 0.15) is 5.75 Å². The molecule has 0 radical (unpaired) electrons. The zero-order valence-corrected chi connectivity index (χ0v) is 51.9. The lowest BCUT2D eigenvalue weighted by Gasteiger charge is -2.14. The third-order valence-electron chi connectivity index (χ3n) is 16.6. The molecule has 2 amide bonds. The molecule has 0 atom stereocenters. The minimum atomic E-state index is -0.0960. The summed E-state index contributed by atoms with van der Waals surface area (Å²) in [6.45, 7) is 8.80. The van der Waals surface area contributed by atoms with Crippen LogP contribution in [0.15, 0.2) is 18.2 Å². The topological polar surface area (TPSA) is 67.4 Å². The Bertz CT molecular complexity index is 1330. The van der Waals surface area contributed by atoms with Crippen molar-refractivity contribution in [2.45, 2.75) is 387 Å². The maximum Gasteiger partial charge on any atom is 0.255 e. The van der Waals surface area contributed by atoms with Crippen LogP contribution in [0, 0.1) is 0 Å². The summed E-state index contributed by atoms with van der Waals surface area (Å²) in [7, 11) is 0. The summed E-state index contributed by atoms with van der Waals surface area (Å²) in [6, 6.07) is 5.39. The Labute approximate surface area is 476 Å². The number of hydrogen-bond donors (Lipinski definition) is 2. The lowest BCUT2D eigenvalue weighted by atomic mass is 10.0. The van der Waals surface area contributed by atoms with E-state index >= 15 is 0 Å². The molecule has 1 rings (SSSR count). The fourth-order valence-electron chi connectivity index (χ4n) is 11.3. The molecule has 1 aromatic carbocycles. The first-order chi connectivity index (χ1) is 37.6. The van der Waals surface area contributed by atoms with Crippen molar-refractivity contribution in [1.82, 2.24) is 10.6 Å². The van der Waals surface area contributed by atoms with Crippen molar-refractivity contribution in [3.8, 4) is 5.75 Å². The highest BCUT2D eigenvalue weighted by molar-refractivity contribution is 6.00. The van der Waals surface area contributed by atoms with Crippen molar-refractivity contribution in [2.24, 2.45) is 0 Å². The van der Waals surface area contributed by atoms with Gasteiger partial charge >= 0.3 is 0 Å². The Kier molecular flexibility index (Phi) is 57.4. The van der Waals surface area contributed by atoms with E-state index in [4.69, 9.17) is 4.74 Å². The molecule has 5 nitrogen and oxygen atoms in total. The van der Waals surface area contributed by atoms with Crippen LogP contribution < -0.4 is 15.4 Å². The second-order valence-corrected chi connectivity index (χ2v) is 24.2. The van der Waals surface area contributed by atoms with Gasteiger partial charge in [0.25, 0.3) is 11.8 Å². The van der Waals surface area contributed by atoms with E-state index in [0.29, 0.717) is 36.6 Å². The molecule has 0 aliphatic carbocycles. The Morgan fingerprint density at radius 3 is 0.776 bits per heavy atom. The third kappa shape index (κ3) is 50.2. The SMILES string of the molecule is CCCCCCCCCCCCCCCCCCCCCCCCCCCNC(=O)c1ccc(C(=O)NCCCCCCCCCCCCCCCCCCCCCCCCCCC)c(OCCCCCCCCC)c1. The number of benzene rings is 1. The van der Waals surface area contributed by atoms with Gasteiger partial charge < -0.3 is 15.4 Å². The van der Waals surface area contributed by atoms with E-state index in [9.17, 15) is 9.59 Å². The minimum absolute atomic E-state index is 0.0764. The quantitative estimate of drug-likeness (QED) is 0.0639.